The van der Waals surface area contributed by atoms with E-state index in [0.717, 1.165) is 26.5 Å². The fraction of sp³-hybridized carbons (Fsp3) is 0.292. The molecule has 0 spiro atoms. The molecule has 2 amide bonds. The summed E-state index contributed by atoms with van der Waals surface area (Å²) in [6, 6.07) is 4.70. The summed E-state index contributed by atoms with van der Waals surface area (Å²) in [5.74, 6) is -4.01. The second-order valence-corrected chi connectivity index (χ2v) is 12.3. The highest BCUT2D eigenvalue weighted by Gasteiger charge is 2.53. The van der Waals surface area contributed by atoms with Gasteiger partial charge in [0.15, 0.2) is 23.6 Å². The number of nitrogen functional groups attached to an aromatic ring is 1. The highest BCUT2D eigenvalue weighted by Crippen LogP contribution is 2.40. The van der Waals surface area contributed by atoms with Gasteiger partial charge < -0.3 is 30.9 Å². The Labute approximate surface area is 238 Å². The van der Waals surface area contributed by atoms with Crippen LogP contribution in [0.4, 0.5) is 5.13 Å². The lowest BCUT2D eigenvalue weighted by atomic mass is 10.0. The monoisotopic (exact) mass is 602 g/mol. The van der Waals surface area contributed by atoms with Crippen LogP contribution in [0.15, 0.2) is 51.6 Å². The van der Waals surface area contributed by atoms with Gasteiger partial charge in [0, 0.05) is 28.8 Å². The Hall–Kier alpha value is -4.02. The Morgan fingerprint density at radius 2 is 2.12 bits per heavy atom. The van der Waals surface area contributed by atoms with Crippen LogP contribution in [-0.2, 0) is 30.6 Å². The zero-order valence-electron chi connectivity index (χ0n) is 21.0. The lowest BCUT2D eigenvalue weighted by Gasteiger charge is -2.50. The number of aliphatic carboxylic acids is 2. The third kappa shape index (κ3) is 5.00. The van der Waals surface area contributed by atoms with E-state index in [4.69, 9.17) is 10.6 Å². The number of hydrogen-bond donors (Lipinski definition) is 3. The van der Waals surface area contributed by atoms with Gasteiger partial charge in [-0.15, -0.1) is 34.4 Å². The molecule has 13 nitrogen and oxygen atoms in total. The normalized spacial score (nSPS) is 19.3. The van der Waals surface area contributed by atoms with Gasteiger partial charge in [0.2, 0.25) is 11.1 Å². The van der Waals surface area contributed by atoms with E-state index in [1.807, 2.05) is 34.3 Å². The molecule has 2 aliphatic rings. The number of rotatable bonds is 9. The minimum atomic E-state index is -1.76. The first-order chi connectivity index (χ1) is 19.0. The maximum Gasteiger partial charge on any atom is 0.350 e. The number of β-lactam (4-membered cyclic amide) rings is 1. The van der Waals surface area contributed by atoms with E-state index in [0.29, 0.717) is 5.57 Å². The molecule has 5 heterocycles. The first-order valence-electron chi connectivity index (χ1n) is 11.7. The molecule has 0 radical (unpaired) electrons. The highest BCUT2D eigenvalue weighted by atomic mass is 32.2. The van der Waals surface area contributed by atoms with Crippen molar-refractivity contribution in [2.45, 2.75) is 37.4 Å². The quantitative estimate of drug-likeness (QED) is 0.129. The number of nitrogens with one attached hydrogen (secondary N) is 1. The van der Waals surface area contributed by atoms with Crippen molar-refractivity contribution in [1.29, 1.82) is 0 Å². The molecule has 0 aliphatic carbocycles. The second-order valence-electron chi connectivity index (χ2n) is 9.32. The fourth-order valence-electron chi connectivity index (χ4n) is 4.14. The molecule has 208 valence electrons. The van der Waals surface area contributed by atoms with E-state index < -0.39 is 40.8 Å². The van der Waals surface area contributed by atoms with Crippen LogP contribution in [0.5, 0.6) is 0 Å². The van der Waals surface area contributed by atoms with Gasteiger partial charge >= 0.3 is 5.97 Å². The van der Waals surface area contributed by atoms with Gasteiger partial charge in [-0.2, -0.15) is 4.57 Å². The summed E-state index contributed by atoms with van der Waals surface area (Å²) in [5, 5.41) is 30.6. The number of carbonyl (C=O) groups excluding carboxylic acids is 3. The van der Waals surface area contributed by atoms with E-state index in [2.05, 4.69) is 15.5 Å². The van der Waals surface area contributed by atoms with Gasteiger partial charge in [-0.25, -0.2) is 9.78 Å². The number of pyridine rings is 1. The van der Waals surface area contributed by atoms with Crippen LogP contribution in [-0.4, -0.2) is 67.2 Å². The number of hydrogen-bond acceptors (Lipinski definition) is 12. The summed E-state index contributed by atoms with van der Waals surface area (Å²) < 4.78 is 2.95. The molecule has 1 fully saturated rings. The Morgan fingerprint density at radius 1 is 1.35 bits per heavy atom. The SMILES string of the molecule is CC(C)(ON=C(C(=O)NC1C(=O)N2C(C(=O)[O-])=C(C[n+]3cccc4sccc43)CS[C@@H]12)c1csc(N)n1)C(=O)O. The molecule has 2 atom stereocenters. The minimum absolute atomic E-state index is 0.0263. The van der Waals surface area contributed by atoms with Gasteiger partial charge in [-0.1, -0.05) is 5.16 Å². The van der Waals surface area contributed by atoms with Crippen molar-refractivity contribution in [3.63, 3.8) is 0 Å². The lowest BCUT2D eigenvalue weighted by Crippen LogP contribution is -2.71. The molecule has 3 aromatic rings. The summed E-state index contributed by atoms with van der Waals surface area (Å²) in [4.78, 5) is 60.2. The lowest BCUT2D eigenvalue weighted by molar-refractivity contribution is -0.663. The van der Waals surface area contributed by atoms with Crippen LogP contribution in [0.25, 0.3) is 10.2 Å². The molecule has 5 rings (SSSR count). The van der Waals surface area contributed by atoms with E-state index in [1.165, 1.54) is 31.0 Å². The number of anilines is 1. The topological polar surface area (TPSA) is 191 Å². The molecule has 4 N–H and O–H groups in total. The standard InChI is InChI=1S/C24H22N6O7S3/c1-24(2,22(35)36)37-28-15(12-10-40-23(25)26-12)18(31)27-16-19(32)30-17(21(33)34)11(9-39-20(16)30)8-29-6-3-4-14-13(29)5-7-38-14/h3-7,10,16,20H,8-9H2,1-2H3,(H4-,25,26,27,31,33,34,35,36)/t16?,20-/m0/s1. The summed E-state index contributed by atoms with van der Waals surface area (Å²) in [6.07, 6.45) is 1.84. The van der Waals surface area contributed by atoms with Crippen molar-refractivity contribution in [1.82, 2.24) is 15.2 Å². The molecule has 1 saturated heterocycles. The molecule has 16 heteroatoms. The number of fused-ring (bicyclic) bond motifs is 2. The number of carbonyl (C=O) groups is 4. The Bertz CT molecular complexity index is 1610. The van der Waals surface area contributed by atoms with Crippen molar-refractivity contribution in [3.8, 4) is 0 Å². The number of nitrogens with zero attached hydrogens (tertiary/aromatic N) is 4. The number of thiophene rings is 1. The molecule has 1 unspecified atom stereocenters. The number of carboxylic acids is 2. The van der Waals surface area contributed by atoms with Crippen LogP contribution in [0.3, 0.4) is 0 Å². The van der Waals surface area contributed by atoms with Crippen LogP contribution in [0, 0.1) is 0 Å². The molecule has 0 saturated carbocycles. The number of thioether (sulfide) groups is 1. The summed E-state index contributed by atoms with van der Waals surface area (Å²) >= 11 is 3.90. The smallest absolute Gasteiger partial charge is 0.350 e. The number of thiazole rings is 1. The largest absolute Gasteiger partial charge is 0.543 e. The van der Waals surface area contributed by atoms with Gasteiger partial charge in [-0.05, 0) is 25.3 Å². The molecule has 2 aliphatic heterocycles. The Balaban J connectivity index is 1.38. The zero-order chi connectivity index (χ0) is 28.8. The van der Waals surface area contributed by atoms with Crippen molar-refractivity contribution in [2.24, 2.45) is 5.16 Å². The summed E-state index contributed by atoms with van der Waals surface area (Å²) in [7, 11) is 0. The average molecular weight is 603 g/mol. The highest BCUT2D eigenvalue weighted by molar-refractivity contribution is 8.00. The van der Waals surface area contributed by atoms with E-state index in [1.54, 1.807) is 11.3 Å². The predicted molar refractivity (Wildman–Crippen MR) is 145 cm³/mol. The molecule has 3 aromatic heterocycles. The van der Waals surface area contributed by atoms with Crippen molar-refractivity contribution in [3.05, 3.63) is 52.1 Å². The van der Waals surface area contributed by atoms with Crippen LogP contribution in [0.2, 0.25) is 0 Å². The van der Waals surface area contributed by atoms with E-state index in [9.17, 15) is 29.4 Å². The predicted octanol–water partition coefficient (Wildman–Crippen LogP) is -0.0845. The number of nitrogens with two attached hydrogens (primary N) is 1. The zero-order valence-corrected chi connectivity index (χ0v) is 23.5. The number of amides is 2. The average Bonchev–Trinajstić information content (AvgIpc) is 3.56. The van der Waals surface area contributed by atoms with Crippen molar-refractivity contribution < 1.29 is 38.8 Å². The molecule has 0 aromatic carbocycles. The second kappa shape index (κ2) is 10.5. The maximum absolute atomic E-state index is 13.2. The van der Waals surface area contributed by atoms with Crippen LogP contribution < -0.4 is 20.7 Å². The van der Waals surface area contributed by atoms with Gasteiger partial charge in [0.1, 0.15) is 17.1 Å². The molecule has 40 heavy (non-hydrogen) atoms. The fourth-order valence-corrected chi connectivity index (χ4v) is 6.83. The third-order valence-corrected chi connectivity index (χ3v) is 9.13. The van der Waals surface area contributed by atoms with Gasteiger partial charge in [-0.3, -0.25) is 14.5 Å². The van der Waals surface area contributed by atoms with E-state index >= 15 is 0 Å². The van der Waals surface area contributed by atoms with Gasteiger partial charge in [0.05, 0.1) is 16.4 Å². The van der Waals surface area contributed by atoms with Crippen LogP contribution >= 0.6 is 34.4 Å². The molecular weight excluding hydrogens is 581 g/mol. The molecule has 0 bridgehead atoms. The van der Waals surface area contributed by atoms with Crippen molar-refractivity contribution in [2.75, 3.05) is 11.5 Å². The Morgan fingerprint density at radius 3 is 2.80 bits per heavy atom. The number of aromatic nitrogens is 2. The Kier molecular flexibility index (Phi) is 7.24. The van der Waals surface area contributed by atoms with E-state index in [-0.39, 0.29) is 34.5 Å². The first-order valence-corrected chi connectivity index (χ1v) is 14.5. The maximum atomic E-state index is 13.2. The van der Waals surface area contributed by atoms with Crippen molar-refractivity contribution >= 4 is 79.2 Å². The van der Waals surface area contributed by atoms with Gasteiger partial charge in [0.25, 0.3) is 11.8 Å². The van der Waals surface area contributed by atoms with Crippen LogP contribution in [0.1, 0.15) is 19.5 Å². The molecular formula is C24H22N6O7S3. The summed E-state index contributed by atoms with van der Waals surface area (Å²) in [5.41, 5.74) is 4.80. The minimum Gasteiger partial charge on any atom is -0.543 e. The summed E-state index contributed by atoms with van der Waals surface area (Å²) in [6.45, 7) is 2.74. The number of carboxylic acid groups (broad SMARTS) is 2. The number of oxime groups is 1. The third-order valence-electron chi connectivity index (χ3n) is 6.24. The first kappa shape index (κ1) is 27.5.